The van der Waals surface area contributed by atoms with E-state index in [1.165, 1.54) is 11.1 Å². The lowest BCUT2D eigenvalue weighted by Crippen LogP contribution is -2.22. The van der Waals surface area contributed by atoms with Crippen molar-refractivity contribution >= 4 is 0 Å². The summed E-state index contributed by atoms with van der Waals surface area (Å²) in [7, 11) is 0. The van der Waals surface area contributed by atoms with Gasteiger partial charge in [-0.05, 0) is 32.8 Å². The monoisotopic (exact) mass is 438 g/mol. The van der Waals surface area contributed by atoms with Gasteiger partial charge in [0, 0.05) is 22.0 Å². The molecule has 0 aromatic rings. The van der Waals surface area contributed by atoms with Crippen LogP contribution in [0.5, 0.6) is 0 Å². The summed E-state index contributed by atoms with van der Waals surface area (Å²) < 4.78 is 0. The van der Waals surface area contributed by atoms with Crippen molar-refractivity contribution in [1.82, 2.24) is 0 Å². The third-order valence-electron chi connectivity index (χ3n) is 5.31. The molecule has 0 aromatic carbocycles. The Morgan fingerprint density at radius 1 is 0.312 bits per heavy atom. The maximum absolute atomic E-state index is 3.81. The molecule has 0 N–H and O–H groups in total. The Balaban J connectivity index is 7.57. The maximum atomic E-state index is 3.81. The van der Waals surface area contributed by atoms with Gasteiger partial charge in [0.25, 0.3) is 0 Å². The molecule has 0 aromatic heterocycles. The van der Waals surface area contributed by atoms with Crippen molar-refractivity contribution in [2.75, 3.05) is 0 Å². The largest absolute Gasteiger partial charge is 0.107 e. The molecule has 0 rings (SSSR count). The molecule has 0 atom stereocenters. The van der Waals surface area contributed by atoms with E-state index in [1.54, 1.807) is 0 Å². The van der Waals surface area contributed by atoms with E-state index in [1.807, 2.05) is 0 Å². The van der Waals surface area contributed by atoms with Crippen molar-refractivity contribution < 1.29 is 0 Å². The summed E-state index contributed by atoms with van der Waals surface area (Å²) in [5, 5.41) is 0. The van der Waals surface area contributed by atoms with Crippen LogP contribution in [0.15, 0.2) is 33.8 Å². The van der Waals surface area contributed by atoms with E-state index in [9.17, 15) is 0 Å². The Morgan fingerprint density at radius 2 is 0.500 bits per heavy atom. The summed E-state index contributed by atoms with van der Waals surface area (Å²) in [6, 6.07) is 0. The molecule has 0 aliphatic rings. The first kappa shape index (κ1) is 30.6. The number of hydrogen-bond acceptors (Lipinski definition) is 0. The fourth-order valence-electron chi connectivity index (χ4n) is 4.19. The molecule has 0 fully saturated rings. The highest BCUT2D eigenvalue weighted by Crippen LogP contribution is 2.41. The Kier molecular flexibility index (Phi) is 9.04. The standard InChI is InChI=1S/C32H54/c1-27(2,3)23(21-25(29(7,8)9)30(10,11)12)19-20-24(28(4,5)6)22-26(31(13,14)15)32(16,17)18/h1-18H3. The highest BCUT2D eigenvalue weighted by Gasteiger charge is 2.30. The predicted molar refractivity (Wildman–Crippen MR) is 146 cm³/mol. The van der Waals surface area contributed by atoms with Crippen LogP contribution >= 0.6 is 0 Å². The lowest BCUT2D eigenvalue weighted by molar-refractivity contribution is 0.361. The molecule has 0 amide bonds. The van der Waals surface area contributed by atoms with Gasteiger partial charge in [0.2, 0.25) is 0 Å². The topological polar surface area (TPSA) is 0 Å². The third-order valence-corrected chi connectivity index (χ3v) is 5.31. The van der Waals surface area contributed by atoms with E-state index in [0.29, 0.717) is 0 Å². The second kappa shape index (κ2) is 9.46. The van der Waals surface area contributed by atoms with E-state index < -0.39 is 0 Å². The van der Waals surface area contributed by atoms with Crippen molar-refractivity contribution in [2.45, 2.75) is 125 Å². The van der Waals surface area contributed by atoms with Gasteiger partial charge in [-0.3, -0.25) is 0 Å². The molecule has 32 heavy (non-hydrogen) atoms. The van der Waals surface area contributed by atoms with Crippen LogP contribution in [0.1, 0.15) is 125 Å². The van der Waals surface area contributed by atoms with Gasteiger partial charge in [-0.1, -0.05) is 136 Å². The summed E-state index contributed by atoms with van der Waals surface area (Å²) in [4.78, 5) is 0. The lowest BCUT2D eigenvalue weighted by Gasteiger charge is -2.33. The van der Waals surface area contributed by atoms with Crippen LogP contribution in [0, 0.1) is 44.3 Å². The first-order valence-corrected chi connectivity index (χ1v) is 12.2. The number of allylic oxidation sites excluding steroid dienone is 2. The van der Waals surface area contributed by atoms with Crippen LogP contribution in [0.2, 0.25) is 0 Å². The molecule has 0 radical (unpaired) electrons. The molecular weight excluding hydrogens is 384 g/mol. The van der Waals surface area contributed by atoms with Gasteiger partial charge < -0.3 is 0 Å². The van der Waals surface area contributed by atoms with Crippen molar-refractivity contribution in [3.63, 3.8) is 0 Å². The summed E-state index contributed by atoms with van der Waals surface area (Å²) in [6.45, 7) is 40.7. The Bertz CT molecular complexity index is 756. The average molecular weight is 439 g/mol. The molecule has 0 aliphatic carbocycles. The van der Waals surface area contributed by atoms with Crippen molar-refractivity contribution in [3.05, 3.63) is 33.8 Å². The predicted octanol–water partition coefficient (Wildman–Crippen LogP) is 10.2. The zero-order valence-corrected chi connectivity index (χ0v) is 25.0. The van der Waals surface area contributed by atoms with Crippen molar-refractivity contribution in [1.29, 1.82) is 0 Å². The molecule has 0 saturated heterocycles. The van der Waals surface area contributed by atoms with Crippen LogP contribution in [-0.2, 0) is 0 Å². The van der Waals surface area contributed by atoms with E-state index in [2.05, 4.69) is 148 Å². The fourth-order valence-corrected chi connectivity index (χ4v) is 4.19. The van der Waals surface area contributed by atoms with Gasteiger partial charge in [-0.25, -0.2) is 0 Å². The Labute approximate surface area is 202 Å². The zero-order valence-electron chi connectivity index (χ0n) is 25.0. The molecule has 0 heterocycles. The van der Waals surface area contributed by atoms with Gasteiger partial charge >= 0.3 is 0 Å². The third kappa shape index (κ3) is 9.62. The van der Waals surface area contributed by atoms with E-state index in [0.717, 1.165) is 11.1 Å². The van der Waals surface area contributed by atoms with Crippen LogP contribution < -0.4 is 0 Å². The normalized spacial score (nSPS) is 13.4. The summed E-state index contributed by atoms with van der Waals surface area (Å²) in [6.07, 6.45) is 0. The minimum Gasteiger partial charge on any atom is -0.107 e. The molecule has 0 spiro atoms. The summed E-state index contributed by atoms with van der Waals surface area (Å²) in [5.41, 5.74) is 12.3. The van der Waals surface area contributed by atoms with Gasteiger partial charge in [0.1, 0.15) is 0 Å². The second-order valence-corrected chi connectivity index (χ2v) is 15.5. The second-order valence-electron chi connectivity index (χ2n) is 15.5. The fraction of sp³-hybridized carbons (Fsp3) is 0.750. The van der Waals surface area contributed by atoms with E-state index in [-0.39, 0.29) is 32.5 Å². The highest BCUT2D eigenvalue weighted by atomic mass is 14.3. The van der Waals surface area contributed by atoms with Crippen LogP contribution in [0.4, 0.5) is 0 Å². The first-order chi connectivity index (χ1) is 13.7. The lowest BCUT2D eigenvalue weighted by atomic mass is 9.71. The minimum atomic E-state index is -0.0850. The number of hydrogen-bond donors (Lipinski definition) is 0. The van der Waals surface area contributed by atoms with E-state index in [4.69, 9.17) is 0 Å². The minimum absolute atomic E-state index is 0.0324. The Morgan fingerprint density at radius 3 is 0.625 bits per heavy atom. The van der Waals surface area contributed by atoms with Crippen molar-refractivity contribution in [2.24, 2.45) is 32.5 Å². The van der Waals surface area contributed by atoms with Gasteiger partial charge in [0.15, 0.2) is 0 Å². The van der Waals surface area contributed by atoms with Crippen molar-refractivity contribution in [3.8, 4) is 11.8 Å². The Hall–Kier alpha value is -1.40. The van der Waals surface area contributed by atoms with Crippen LogP contribution in [0.25, 0.3) is 0 Å². The molecule has 0 saturated carbocycles. The molecule has 182 valence electrons. The highest BCUT2D eigenvalue weighted by molar-refractivity contribution is 5.44. The smallest absolute Gasteiger partial charge is 0.0495 e. The SMILES string of the molecule is CC(C)(C)C(=C=C(C(C)(C)C)C(C)(C)C)C#CC(=C=C(C(C)(C)C)C(C)(C)C)C(C)(C)C. The summed E-state index contributed by atoms with van der Waals surface area (Å²) >= 11 is 0. The molecule has 0 unspecified atom stereocenters. The van der Waals surface area contributed by atoms with Gasteiger partial charge in [0.05, 0.1) is 0 Å². The first-order valence-electron chi connectivity index (χ1n) is 12.2. The molecule has 0 aliphatic heterocycles. The summed E-state index contributed by atoms with van der Waals surface area (Å²) in [5.74, 6) is 7.14. The van der Waals surface area contributed by atoms with Gasteiger partial charge in [-0.2, -0.15) is 0 Å². The number of rotatable bonds is 0. The zero-order chi connectivity index (χ0) is 26.1. The van der Waals surface area contributed by atoms with Crippen LogP contribution in [0.3, 0.4) is 0 Å². The van der Waals surface area contributed by atoms with E-state index >= 15 is 0 Å². The average Bonchev–Trinajstić information content (AvgIpc) is 2.41. The van der Waals surface area contributed by atoms with Gasteiger partial charge in [-0.15, -0.1) is 11.5 Å². The molecule has 0 bridgehead atoms. The molecule has 0 heteroatoms. The van der Waals surface area contributed by atoms with Crippen LogP contribution in [-0.4, -0.2) is 0 Å². The molecular formula is C32H54. The quantitative estimate of drug-likeness (QED) is 0.260. The molecule has 0 nitrogen and oxygen atoms in total. The maximum Gasteiger partial charge on any atom is 0.0495 e.